The molecule has 2 radical (unpaired) electrons. The predicted octanol–water partition coefficient (Wildman–Crippen LogP) is 11.9. The second-order valence-corrected chi connectivity index (χ2v) is 25.5. The van der Waals surface area contributed by atoms with Gasteiger partial charge in [-0.2, -0.15) is 12.8 Å². The van der Waals surface area contributed by atoms with E-state index in [9.17, 15) is 28.8 Å². The van der Waals surface area contributed by atoms with E-state index in [4.69, 9.17) is 14.2 Å². The Morgan fingerprint density at radius 3 is 1.86 bits per heavy atom. The summed E-state index contributed by atoms with van der Waals surface area (Å²) in [7, 11) is 5.00. The number of fused-ring (bicyclic) bond motifs is 8. The molecule has 5 aromatic rings. The Labute approximate surface area is 535 Å². The monoisotopic (exact) mass is 1280 g/mol. The van der Waals surface area contributed by atoms with Crippen molar-refractivity contribution in [1.82, 2.24) is 5.32 Å². The fraction of sp³-hybridized carbons (Fsp3) is 0.406. The van der Waals surface area contributed by atoms with Crippen LogP contribution in [0.2, 0.25) is 0 Å². The second kappa shape index (κ2) is 28.5. The van der Waals surface area contributed by atoms with Gasteiger partial charge in [0.05, 0.1) is 13.2 Å². The van der Waals surface area contributed by atoms with E-state index in [1.54, 1.807) is 48.6 Å². The molecular weight excluding hydrogens is 1210 g/mol. The molecule has 1 unspecified atom stereocenters. The van der Waals surface area contributed by atoms with Crippen LogP contribution in [0, 0.1) is 25.7 Å². The Bertz CT molecular complexity index is 3170. The number of ketones is 2. The number of methoxy groups -OCH3 is 1. The van der Waals surface area contributed by atoms with Crippen LogP contribution in [0.4, 0.5) is 17.1 Å². The number of amides is 4. The molecule has 17 heteroatoms. The molecule has 5 aromatic carbocycles. The number of nitrogens with one attached hydrogen (secondary N) is 2. The largest absolute Gasteiger partial charge is 0.493 e. The van der Waals surface area contributed by atoms with Gasteiger partial charge in [-0.15, -0.1) is 0 Å². The van der Waals surface area contributed by atoms with Crippen molar-refractivity contribution in [3.05, 3.63) is 154 Å². The van der Waals surface area contributed by atoms with E-state index in [0.717, 1.165) is 58.5 Å². The molecule has 9 rings (SSSR count). The maximum Gasteiger partial charge on any atom is 0.256 e. The number of hydrogen-bond donors (Lipinski definition) is 2. The molecule has 4 aliphatic rings. The Morgan fingerprint density at radius 2 is 1.28 bits per heavy atom. The zero-order valence-corrected chi connectivity index (χ0v) is 55.0. The van der Waals surface area contributed by atoms with E-state index in [1.807, 2.05) is 96.4 Å². The van der Waals surface area contributed by atoms with E-state index in [0.29, 0.717) is 77.0 Å². The fourth-order valence-electron chi connectivity index (χ4n) is 10.8. The van der Waals surface area contributed by atoms with Crippen LogP contribution in [0.25, 0.3) is 0 Å². The quantitative estimate of drug-likeness (QED) is 0.0473. The van der Waals surface area contributed by atoms with E-state index in [-0.39, 0.29) is 143 Å². The van der Waals surface area contributed by atoms with Crippen molar-refractivity contribution in [3.8, 4) is 17.2 Å². The summed E-state index contributed by atoms with van der Waals surface area (Å²) in [6, 6.07) is 28.3. The first-order chi connectivity index (χ1) is 37.9. The summed E-state index contributed by atoms with van der Waals surface area (Å²) >= 11 is 0. The van der Waals surface area contributed by atoms with Crippen molar-refractivity contribution in [2.75, 3.05) is 22.2 Å². The molecule has 0 bridgehead atoms. The molecule has 0 aliphatic carbocycles. The number of anilines is 3. The maximum atomic E-state index is 14.2. The van der Waals surface area contributed by atoms with Gasteiger partial charge in [-0.05, 0) is 136 Å². The van der Waals surface area contributed by atoms with E-state index in [1.165, 1.54) is 5.56 Å². The van der Waals surface area contributed by atoms with Crippen molar-refractivity contribution in [2.45, 2.75) is 154 Å². The van der Waals surface area contributed by atoms with Crippen molar-refractivity contribution < 1.29 is 108 Å². The van der Waals surface area contributed by atoms with Crippen molar-refractivity contribution in [2.24, 2.45) is 5.92 Å². The molecule has 0 aromatic heterocycles. The molecule has 5 atom stereocenters. The Balaban J connectivity index is 0.00000473. The number of rotatable bonds is 23. The molecule has 0 saturated carbocycles. The number of benzene rings is 5. The molecule has 4 aliphatic heterocycles. The van der Waals surface area contributed by atoms with Gasteiger partial charge in [-0.3, -0.25) is 28.8 Å². The summed E-state index contributed by atoms with van der Waals surface area (Å²) in [6.07, 6.45) is 9.79. The average Bonchev–Trinajstić information content (AvgIpc) is 4.01. The molecule has 0 spiro atoms. The molecule has 0 saturated heterocycles. The number of nitrogens with zero attached hydrogens (tertiary/aromatic N) is 2. The van der Waals surface area contributed by atoms with Gasteiger partial charge in [-0.25, -0.2) is 0 Å². The Kier molecular flexibility index (Phi) is 22.6. The normalized spacial score (nSPS) is 16.9. The predicted molar refractivity (Wildman–Crippen MR) is 314 cm³/mol. The van der Waals surface area contributed by atoms with Crippen molar-refractivity contribution >= 4 is 73.8 Å². The minimum absolute atomic E-state index is 0. The van der Waals surface area contributed by atoms with E-state index in [2.05, 4.69) is 56.4 Å². The van der Waals surface area contributed by atoms with Gasteiger partial charge in [0.15, 0.2) is 17.3 Å². The number of para-hydroxylation sites is 2. The maximum absolute atomic E-state index is 14.2. The van der Waals surface area contributed by atoms with Crippen LogP contribution in [0.15, 0.2) is 91.0 Å². The third-order valence-electron chi connectivity index (χ3n) is 15.5. The van der Waals surface area contributed by atoms with Gasteiger partial charge in [0.25, 0.3) is 11.8 Å². The second-order valence-electron chi connectivity index (χ2n) is 22.1. The summed E-state index contributed by atoms with van der Waals surface area (Å²) < 4.78 is 18.7. The first-order valence-electron chi connectivity index (χ1n) is 27.6. The summed E-state index contributed by atoms with van der Waals surface area (Å²) in [5.41, 5.74) is 9.85. The van der Waals surface area contributed by atoms with E-state index >= 15 is 0 Å². The van der Waals surface area contributed by atoms with E-state index < -0.39 is 12.0 Å². The third-order valence-corrected chi connectivity index (χ3v) is 19.4. The topological polar surface area (TPSA) is 161 Å². The van der Waals surface area contributed by atoms with Crippen LogP contribution < -0.4 is 34.6 Å². The van der Waals surface area contributed by atoms with Crippen LogP contribution in [0.5, 0.6) is 17.2 Å². The molecule has 0 fully saturated rings. The fourth-order valence-corrected chi connectivity index (χ4v) is 13.5. The molecular formula is C64H72N4O9S2Y2-2. The minimum Gasteiger partial charge on any atom is -0.493 e. The SMILES string of the molecule is CCC(=O)CCC(C)SSC(C)(C)CCC(=O)N[C@@H](C)C(=O)C[C@H](C)C(=O)Nc1cc(COc2cc3c(cc2C)C(=O)N2c4ccccc4C[C@H]2[CH-]C3)cc(COc2cc3c(cc2OC)C(=O)N2c4ccccc4C[C@H]2[CH-]C3)c1.[Y].[Y]. The van der Waals surface area contributed by atoms with Gasteiger partial charge in [-0.1, -0.05) is 102 Å². The van der Waals surface area contributed by atoms with Gasteiger partial charge in [0, 0.05) is 135 Å². The standard InChI is InChI=1S/C64H72N4O9S2.2Y/c1-9-51(69)23-18-40(4)78-79-64(6,7)25-24-60(71)65-41(5)56(70)27-39(3)61(72)66-48-29-42(36-76-57-33-44-19-21-49-31-46-14-10-12-16-54(46)67(49)62(73)52(44)26-38(57)2)28-43(30-48)37-77-59-34-45-20-22-50-32-47-15-11-13-17-55(47)68(50)63(74)53(45)35-58(59)75-8;;/h10-17,21-22,26,28-30,33-35,39-41,49-50H,9,18-20,23-25,27,31-32,36-37H2,1-8H3,(H,65,71)(H,66,72);;/q-2;;/t39-,40?,41-,49+,50+;;/m0../s1. The van der Waals surface area contributed by atoms with Gasteiger partial charge < -0.3 is 47.5 Å². The molecule has 422 valence electrons. The number of carbonyl (C=O) groups is 6. The first-order valence-corrected chi connectivity index (χ1v) is 29.8. The van der Waals surface area contributed by atoms with Crippen LogP contribution in [0.3, 0.4) is 0 Å². The summed E-state index contributed by atoms with van der Waals surface area (Å²) in [5, 5.41) is 6.20. The molecule has 4 amide bonds. The zero-order chi connectivity index (χ0) is 56.1. The van der Waals surface area contributed by atoms with Crippen LogP contribution in [-0.2, 0) is 123 Å². The van der Waals surface area contributed by atoms with Crippen LogP contribution in [0.1, 0.15) is 140 Å². The Hall–Kier alpha value is -4.37. The minimum atomic E-state index is -0.788. The molecule has 2 N–H and O–H groups in total. The van der Waals surface area contributed by atoms with Gasteiger partial charge in [0.1, 0.15) is 24.7 Å². The average molecular weight is 1280 g/mol. The molecule has 4 heterocycles. The zero-order valence-electron chi connectivity index (χ0n) is 47.7. The number of hydrogen-bond acceptors (Lipinski definition) is 11. The third kappa shape index (κ3) is 15.5. The first kappa shape index (κ1) is 64.2. The van der Waals surface area contributed by atoms with Crippen molar-refractivity contribution in [1.29, 1.82) is 0 Å². The van der Waals surface area contributed by atoms with Gasteiger partial charge >= 0.3 is 0 Å². The smallest absolute Gasteiger partial charge is 0.256 e. The molecule has 13 nitrogen and oxygen atoms in total. The number of carbonyl (C=O) groups excluding carboxylic acids is 6. The summed E-state index contributed by atoms with van der Waals surface area (Å²) in [4.78, 5) is 84.4. The Morgan fingerprint density at radius 1 is 0.728 bits per heavy atom. The van der Waals surface area contributed by atoms with Crippen LogP contribution >= 0.6 is 21.6 Å². The summed E-state index contributed by atoms with van der Waals surface area (Å²) in [5.74, 6) is 0.0789. The van der Waals surface area contributed by atoms with Gasteiger partial charge in [0.2, 0.25) is 11.8 Å². The number of ether oxygens (including phenoxy) is 3. The number of Topliss-reactive ketones (excluding diaryl/α,β-unsaturated/α-hetero) is 2. The van der Waals surface area contributed by atoms with Crippen molar-refractivity contribution in [3.63, 3.8) is 0 Å². The summed E-state index contributed by atoms with van der Waals surface area (Å²) in [6.45, 7) is 13.7. The van der Waals surface area contributed by atoms with Crippen LogP contribution in [-0.4, -0.2) is 70.4 Å². The molecule has 81 heavy (non-hydrogen) atoms. The number of aryl methyl sites for hydroxylation is 1.